The van der Waals surface area contributed by atoms with E-state index in [1.165, 1.54) is 18.2 Å². The molecule has 13 heavy (non-hydrogen) atoms. The van der Waals surface area contributed by atoms with Gasteiger partial charge in [0.1, 0.15) is 5.75 Å². The Labute approximate surface area is 74.1 Å². The second-order valence-electron chi connectivity index (χ2n) is 2.39. The summed E-state index contributed by atoms with van der Waals surface area (Å²) in [6, 6.07) is 4.12. The Hall–Kier alpha value is -2.04. The molecule has 0 unspecified atom stereocenters. The number of amides is 1. The van der Waals surface area contributed by atoms with Crippen LogP contribution < -0.4 is 5.73 Å². The van der Waals surface area contributed by atoms with Gasteiger partial charge in [0.05, 0.1) is 11.8 Å². The van der Waals surface area contributed by atoms with Crippen LogP contribution in [0.5, 0.6) is 5.75 Å². The molecular weight excluding hydrogens is 172 g/mol. The van der Waals surface area contributed by atoms with Crippen LogP contribution in [0.15, 0.2) is 23.4 Å². The lowest BCUT2D eigenvalue weighted by atomic mass is 10.1. The van der Waals surface area contributed by atoms with Crippen LogP contribution in [0.2, 0.25) is 0 Å². The van der Waals surface area contributed by atoms with Crippen molar-refractivity contribution in [1.29, 1.82) is 0 Å². The van der Waals surface area contributed by atoms with Crippen molar-refractivity contribution in [2.45, 2.75) is 0 Å². The first-order valence-electron chi connectivity index (χ1n) is 3.45. The number of carbonyl (C=O) groups is 1. The fourth-order valence-corrected chi connectivity index (χ4v) is 0.898. The molecule has 0 bridgehead atoms. The zero-order valence-electron chi connectivity index (χ0n) is 6.64. The first kappa shape index (κ1) is 9.05. The minimum Gasteiger partial charge on any atom is -0.507 e. The number of rotatable bonds is 2. The van der Waals surface area contributed by atoms with Gasteiger partial charge in [0.15, 0.2) is 0 Å². The third-order valence-electron chi connectivity index (χ3n) is 1.49. The van der Waals surface area contributed by atoms with Crippen LogP contribution in [0, 0.1) is 0 Å². The van der Waals surface area contributed by atoms with Gasteiger partial charge in [-0.3, -0.25) is 4.79 Å². The summed E-state index contributed by atoms with van der Waals surface area (Å²) in [6.07, 6.45) is 1.13. The highest BCUT2D eigenvalue weighted by Gasteiger charge is 2.06. The van der Waals surface area contributed by atoms with Crippen LogP contribution in [0.25, 0.3) is 0 Å². The number of oxime groups is 1. The molecule has 5 nitrogen and oxygen atoms in total. The van der Waals surface area contributed by atoms with E-state index in [2.05, 4.69) is 5.16 Å². The van der Waals surface area contributed by atoms with Crippen molar-refractivity contribution in [2.24, 2.45) is 10.9 Å². The predicted molar refractivity (Wildman–Crippen MR) is 46.0 cm³/mol. The van der Waals surface area contributed by atoms with Crippen molar-refractivity contribution in [3.63, 3.8) is 0 Å². The van der Waals surface area contributed by atoms with Gasteiger partial charge >= 0.3 is 0 Å². The fraction of sp³-hybridized carbons (Fsp3) is 0. The number of primary amides is 1. The van der Waals surface area contributed by atoms with E-state index in [1.807, 2.05) is 0 Å². The van der Waals surface area contributed by atoms with E-state index in [1.54, 1.807) is 0 Å². The molecule has 0 saturated carbocycles. The average molecular weight is 180 g/mol. The second-order valence-corrected chi connectivity index (χ2v) is 2.39. The molecule has 1 amide bonds. The van der Waals surface area contributed by atoms with Crippen LogP contribution in [-0.2, 0) is 0 Å². The maximum absolute atomic E-state index is 10.7. The highest BCUT2D eigenvalue weighted by Crippen LogP contribution is 2.16. The van der Waals surface area contributed by atoms with Gasteiger partial charge in [-0.1, -0.05) is 5.16 Å². The van der Waals surface area contributed by atoms with Crippen molar-refractivity contribution in [3.05, 3.63) is 29.3 Å². The Morgan fingerprint density at radius 1 is 1.54 bits per heavy atom. The summed E-state index contributed by atoms with van der Waals surface area (Å²) < 4.78 is 0. The number of phenols is 1. The van der Waals surface area contributed by atoms with Gasteiger partial charge < -0.3 is 16.0 Å². The van der Waals surface area contributed by atoms with E-state index in [-0.39, 0.29) is 11.3 Å². The van der Waals surface area contributed by atoms with Gasteiger partial charge in [0.2, 0.25) is 0 Å². The average Bonchev–Trinajstić information content (AvgIpc) is 2.08. The molecule has 0 fully saturated rings. The van der Waals surface area contributed by atoms with Gasteiger partial charge in [0, 0.05) is 0 Å². The van der Waals surface area contributed by atoms with E-state index >= 15 is 0 Å². The molecule has 4 N–H and O–H groups in total. The predicted octanol–water partition coefficient (Wildman–Crippen LogP) is 0.299. The second kappa shape index (κ2) is 3.57. The largest absolute Gasteiger partial charge is 0.507 e. The lowest BCUT2D eigenvalue weighted by Gasteiger charge is -2.00. The van der Waals surface area contributed by atoms with Crippen LogP contribution in [0.4, 0.5) is 0 Å². The summed E-state index contributed by atoms with van der Waals surface area (Å²) in [5.41, 5.74) is 5.45. The third-order valence-corrected chi connectivity index (χ3v) is 1.49. The first-order chi connectivity index (χ1) is 6.15. The molecular formula is C8H8N2O3. The van der Waals surface area contributed by atoms with Crippen LogP contribution in [0.3, 0.4) is 0 Å². The fourth-order valence-electron chi connectivity index (χ4n) is 0.898. The molecule has 1 aromatic rings. The summed E-state index contributed by atoms with van der Waals surface area (Å²) in [5, 5.41) is 20.2. The van der Waals surface area contributed by atoms with E-state index in [4.69, 9.17) is 16.0 Å². The number of hydrogen-bond donors (Lipinski definition) is 3. The molecule has 0 aliphatic heterocycles. The van der Waals surface area contributed by atoms with Crippen LogP contribution in [-0.4, -0.2) is 22.4 Å². The summed E-state index contributed by atoms with van der Waals surface area (Å²) in [5.74, 6) is -0.923. The number of benzene rings is 1. The van der Waals surface area contributed by atoms with Gasteiger partial charge in [-0.15, -0.1) is 0 Å². The minimum absolute atomic E-state index is 0.00241. The molecule has 0 aliphatic rings. The monoisotopic (exact) mass is 180 g/mol. The molecule has 68 valence electrons. The van der Waals surface area contributed by atoms with Crippen molar-refractivity contribution in [1.82, 2.24) is 0 Å². The Balaban J connectivity index is 3.18. The zero-order valence-corrected chi connectivity index (χ0v) is 6.64. The molecule has 0 spiro atoms. The molecule has 0 heterocycles. The van der Waals surface area contributed by atoms with E-state index in [0.29, 0.717) is 5.56 Å². The van der Waals surface area contributed by atoms with Gasteiger partial charge in [-0.05, 0) is 23.8 Å². The minimum atomic E-state index is -0.731. The maximum atomic E-state index is 10.7. The van der Waals surface area contributed by atoms with Gasteiger partial charge in [-0.25, -0.2) is 0 Å². The Morgan fingerprint density at radius 2 is 2.23 bits per heavy atom. The SMILES string of the molecule is NC(=O)c1cc(C=NO)ccc1O. The third kappa shape index (κ3) is 1.96. The standard InChI is InChI=1S/C8H8N2O3/c9-8(12)6-3-5(4-10-13)1-2-7(6)11/h1-4,11,13H,(H2,9,12). The topological polar surface area (TPSA) is 95.9 Å². The highest BCUT2D eigenvalue weighted by atomic mass is 16.4. The smallest absolute Gasteiger partial charge is 0.252 e. The van der Waals surface area contributed by atoms with Crippen LogP contribution >= 0.6 is 0 Å². The summed E-state index contributed by atoms with van der Waals surface area (Å²) in [4.78, 5) is 10.7. The summed E-state index contributed by atoms with van der Waals surface area (Å²) >= 11 is 0. The van der Waals surface area contributed by atoms with Crippen LogP contribution in [0.1, 0.15) is 15.9 Å². The number of aromatic hydroxyl groups is 1. The van der Waals surface area contributed by atoms with E-state index < -0.39 is 5.91 Å². The lowest BCUT2D eigenvalue weighted by molar-refractivity contribution is 0.0997. The molecule has 1 rings (SSSR count). The molecule has 5 heteroatoms. The Kier molecular flexibility index (Phi) is 2.49. The summed E-state index contributed by atoms with van der Waals surface area (Å²) in [7, 11) is 0. The normalized spacial score (nSPS) is 10.5. The molecule has 1 aromatic carbocycles. The number of carbonyl (C=O) groups excluding carboxylic acids is 1. The van der Waals surface area contributed by atoms with E-state index in [9.17, 15) is 4.79 Å². The summed E-state index contributed by atoms with van der Waals surface area (Å²) in [6.45, 7) is 0. The quantitative estimate of drug-likeness (QED) is 0.347. The zero-order chi connectivity index (χ0) is 9.84. The molecule has 0 saturated heterocycles. The highest BCUT2D eigenvalue weighted by molar-refractivity contribution is 5.97. The number of nitrogens with zero attached hydrogens (tertiary/aromatic N) is 1. The van der Waals surface area contributed by atoms with Gasteiger partial charge in [0.25, 0.3) is 5.91 Å². The molecule has 0 aliphatic carbocycles. The Morgan fingerprint density at radius 3 is 2.77 bits per heavy atom. The molecule has 0 radical (unpaired) electrons. The maximum Gasteiger partial charge on any atom is 0.252 e. The Bertz CT molecular complexity index is 360. The van der Waals surface area contributed by atoms with Gasteiger partial charge in [-0.2, -0.15) is 0 Å². The van der Waals surface area contributed by atoms with Crippen molar-refractivity contribution in [3.8, 4) is 5.75 Å². The number of hydrogen-bond acceptors (Lipinski definition) is 4. The van der Waals surface area contributed by atoms with Crippen molar-refractivity contribution < 1.29 is 15.1 Å². The molecule has 0 aromatic heterocycles. The lowest BCUT2D eigenvalue weighted by Crippen LogP contribution is -2.11. The first-order valence-corrected chi connectivity index (χ1v) is 3.45. The van der Waals surface area contributed by atoms with E-state index in [0.717, 1.165) is 6.21 Å². The number of nitrogens with two attached hydrogens (primary N) is 1. The molecule has 0 atom stereocenters. The van der Waals surface area contributed by atoms with Crippen molar-refractivity contribution in [2.75, 3.05) is 0 Å². The van der Waals surface area contributed by atoms with Crippen molar-refractivity contribution >= 4 is 12.1 Å².